The third kappa shape index (κ3) is 2.11. The van der Waals surface area contributed by atoms with Crippen molar-refractivity contribution < 1.29 is 14.7 Å². The van der Waals surface area contributed by atoms with Crippen LogP contribution in [0.25, 0.3) is 0 Å². The minimum Gasteiger partial charge on any atom is -0.481 e. The molecule has 0 aromatic carbocycles. The van der Waals surface area contributed by atoms with Crippen LogP contribution in [0.15, 0.2) is 12.2 Å². The number of amides is 1. The topological polar surface area (TPSA) is 92.2 Å². The van der Waals surface area contributed by atoms with Crippen molar-refractivity contribution in [1.29, 1.82) is 0 Å². The molecule has 1 heterocycles. The molecule has 7 heteroatoms. The van der Waals surface area contributed by atoms with E-state index in [9.17, 15) is 14.7 Å². The molecule has 1 aromatic heterocycles. The smallest absolute Gasteiger partial charge is 0.307 e. The Morgan fingerprint density at radius 2 is 2.05 bits per heavy atom. The number of aryl methyl sites for hydroxylation is 1. The van der Waals surface area contributed by atoms with Gasteiger partial charge in [0.1, 0.15) is 5.01 Å². The average molecular weight is 293 g/mol. The first kappa shape index (κ1) is 13.2. The van der Waals surface area contributed by atoms with Gasteiger partial charge in [-0.1, -0.05) is 30.4 Å². The molecule has 0 radical (unpaired) electrons. The number of nitrogens with one attached hydrogen (secondary N) is 1. The van der Waals surface area contributed by atoms with E-state index < -0.39 is 17.8 Å². The Morgan fingerprint density at radius 1 is 1.35 bits per heavy atom. The molecule has 4 atom stereocenters. The van der Waals surface area contributed by atoms with Crippen LogP contribution in [0.3, 0.4) is 0 Å². The fourth-order valence-electron chi connectivity index (χ4n) is 3.15. The van der Waals surface area contributed by atoms with Gasteiger partial charge in [-0.05, 0) is 24.7 Å². The maximum Gasteiger partial charge on any atom is 0.307 e. The first-order valence-corrected chi connectivity index (χ1v) is 7.46. The Labute approximate surface area is 119 Å². The Hall–Kier alpha value is -1.76. The van der Waals surface area contributed by atoms with Crippen LogP contribution in [0.5, 0.6) is 0 Å². The van der Waals surface area contributed by atoms with E-state index in [0.29, 0.717) is 5.13 Å². The second-order valence-electron chi connectivity index (χ2n) is 5.18. The fraction of sp³-hybridized carbons (Fsp3) is 0.538. The third-order valence-electron chi connectivity index (χ3n) is 4.05. The van der Waals surface area contributed by atoms with Gasteiger partial charge < -0.3 is 10.4 Å². The number of nitrogens with zero attached hydrogens (tertiary/aromatic N) is 2. The second-order valence-corrected chi connectivity index (χ2v) is 6.24. The zero-order chi connectivity index (χ0) is 14.3. The highest BCUT2D eigenvalue weighted by atomic mass is 32.1. The summed E-state index contributed by atoms with van der Waals surface area (Å²) >= 11 is 1.33. The van der Waals surface area contributed by atoms with Gasteiger partial charge in [-0.25, -0.2) is 0 Å². The Morgan fingerprint density at radius 3 is 2.65 bits per heavy atom. The minimum atomic E-state index is -0.895. The summed E-state index contributed by atoms with van der Waals surface area (Å²) in [6, 6.07) is 0. The van der Waals surface area contributed by atoms with Crippen LogP contribution >= 0.6 is 11.3 Å². The number of carboxylic acids is 1. The van der Waals surface area contributed by atoms with E-state index in [0.717, 1.165) is 17.8 Å². The summed E-state index contributed by atoms with van der Waals surface area (Å²) in [5.74, 6) is -2.27. The number of hydrogen-bond donors (Lipinski definition) is 2. The molecule has 2 aliphatic carbocycles. The van der Waals surface area contributed by atoms with Crippen molar-refractivity contribution in [2.45, 2.75) is 19.8 Å². The molecule has 0 aliphatic heterocycles. The average Bonchev–Trinajstić information content (AvgIpc) is 3.12. The molecule has 2 aliphatic rings. The van der Waals surface area contributed by atoms with Gasteiger partial charge in [0.2, 0.25) is 11.0 Å². The van der Waals surface area contributed by atoms with Gasteiger partial charge in [0, 0.05) is 0 Å². The van der Waals surface area contributed by atoms with Crippen molar-refractivity contribution in [3.05, 3.63) is 17.2 Å². The van der Waals surface area contributed by atoms with Crippen LogP contribution in [0.1, 0.15) is 18.4 Å². The number of aliphatic carboxylic acids is 1. The quantitative estimate of drug-likeness (QED) is 0.822. The molecule has 2 bridgehead atoms. The number of carboxylic acid groups (broad SMARTS) is 1. The highest BCUT2D eigenvalue weighted by molar-refractivity contribution is 7.15. The molecule has 6 nitrogen and oxygen atoms in total. The van der Waals surface area contributed by atoms with Crippen molar-refractivity contribution in [2.75, 3.05) is 5.32 Å². The maximum atomic E-state index is 12.3. The van der Waals surface area contributed by atoms with E-state index >= 15 is 0 Å². The molecule has 0 unspecified atom stereocenters. The highest BCUT2D eigenvalue weighted by Crippen LogP contribution is 2.48. The lowest BCUT2D eigenvalue weighted by molar-refractivity contribution is -0.146. The van der Waals surface area contributed by atoms with Crippen molar-refractivity contribution in [3.8, 4) is 0 Å². The number of carbonyl (C=O) groups excluding carboxylic acids is 1. The Balaban J connectivity index is 1.76. The normalized spacial score (nSPS) is 30.6. The van der Waals surface area contributed by atoms with Crippen molar-refractivity contribution in [3.63, 3.8) is 0 Å². The first-order chi connectivity index (χ1) is 9.60. The summed E-state index contributed by atoms with van der Waals surface area (Å²) in [5, 5.41) is 21.2. The molecule has 1 fully saturated rings. The molecule has 1 amide bonds. The van der Waals surface area contributed by atoms with Crippen LogP contribution in [0.2, 0.25) is 0 Å². The lowest BCUT2D eigenvalue weighted by Crippen LogP contribution is -2.36. The zero-order valence-corrected chi connectivity index (χ0v) is 11.8. The van der Waals surface area contributed by atoms with Gasteiger partial charge in [-0.3, -0.25) is 9.59 Å². The first-order valence-electron chi connectivity index (χ1n) is 6.64. The largest absolute Gasteiger partial charge is 0.481 e. The van der Waals surface area contributed by atoms with Crippen LogP contribution in [-0.2, 0) is 16.0 Å². The number of fused-ring (bicyclic) bond motifs is 2. The second kappa shape index (κ2) is 4.97. The number of allylic oxidation sites excluding steroid dienone is 2. The summed E-state index contributed by atoms with van der Waals surface area (Å²) in [6.45, 7) is 1.97. The van der Waals surface area contributed by atoms with E-state index in [4.69, 9.17) is 0 Å². The predicted octanol–water partition coefficient (Wildman–Crippen LogP) is 1.56. The van der Waals surface area contributed by atoms with Gasteiger partial charge in [-0.15, -0.1) is 10.2 Å². The van der Waals surface area contributed by atoms with Crippen LogP contribution < -0.4 is 5.32 Å². The highest BCUT2D eigenvalue weighted by Gasteiger charge is 2.51. The molecular weight excluding hydrogens is 278 g/mol. The summed E-state index contributed by atoms with van der Waals surface area (Å²) in [4.78, 5) is 23.7. The molecule has 2 N–H and O–H groups in total. The van der Waals surface area contributed by atoms with E-state index in [1.165, 1.54) is 11.3 Å². The van der Waals surface area contributed by atoms with Crippen molar-refractivity contribution in [2.24, 2.45) is 23.7 Å². The van der Waals surface area contributed by atoms with Crippen LogP contribution in [0, 0.1) is 23.7 Å². The summed E-state index contributed by atoms with van der Waals surface area (Å²) in [7, 11) is 0. The minimum absolute atomic E-state index is 0.0196. The molecule has 20 heavy (non-hydrogen) atoms. The predicted molar refractivity (Wildman–Crippen MR) is 73.3 cm³/mol. The number of rotatable bonds is 4. The standard InChI is InChI=1S/C13H15N3O3S/c1-2-8-15-16-13(20-8)14-11(17)9-6-3-4-7(5-6)10(9)12(18)19/h3-4,6-7,9-10H,2,5H2,1H3,(H,18,19)(H,14,16,17)/t6-,7-,9-,10-/m0/s1. The fourth-order valence-corrected chi connectivity index (χ4v) is 3.83. The van der Waals surface area contributed by atoms with Crippen molar-refractivity contribution in [1.82, 2.24) is 10.2 Å². The number of anilines is 1. The molecule has 0 saturated heterocycles. The van der Waals surface area contributed by atoms with Crippen LogP contribution in [-0.4, -0.2) is 27.2 Å². The van der Waals surface area contributed by atoms with Gasteiger partial charge in [0.05, 0.1) is 11.8 Å². The summed E-state index contributed by atoms with van der Waals surface area (Å²) < 4.78 is 0. The van der Waals surface area contributed by atoms with E-state index in [-0.39, 0.29) is 17.7 Å². The molecular formula is C13H15N3O3S. The van der Waals surface area contributed by atoms with Gasteiger partial charge in [-0.2, -0.15) is 0 Å². The third-order valence-corrected chi connectivity index (χ3v) is 5.03. The Bertz CT molecular complexity index is 583. The van der Waals surface area contributed by atoms with E-state index in [2.05, 4.69) is 15.5 Å². The zero-order valence-electron chi connectivity index (χ0n) is 10.9. The number of hydrogen-bond acceptors (Lipinski definition) is 5. The molecule has 1 aromatic rings. The number of aromatic nitrogens is 2. The molecule has 3 rings (SSSR count). The van der Waals surface area contributed by atoms with E-state index in [1.807, 2.05) is 19.1 Å². The lowest BCUT2D eigenvalue weighted by atomic mass is 9.82. The maximum absolute atomic E-state index is 12.3. The molecule has 106 valence electrons. The van der Waals surface area contributed by atoms with Gasteiger partial charge in [0.25, 0.3) is 0 Å². The SMILES string of the molecule is CCc1nnc(NC(=O)[C@@H]2[C@@H](C(=O)O)[C@H]3C=C[C@H]2C3)s1. The molecule has 1 saturated carbocycles. The number of carbonyl (C=O) groups is 2. The summed E-state index contributed by atoms with van der Waals surface area (Å²) in [5.41, 5.74) is 0. The monoisotopic (exact) mass is 293 g/mol. The van der Waals surface area contributed by atoms with Crippen LogP contribution in [0.4, 0.5) is 5.13 Å². The lowest BCUT2D eigenvalue weighted by Gasteiger charge is -2.23. The van der Waals surface area contributed by atoms with E-state index in [1.54, 1.807) is 0 Å². The summed E-state index contributed by atoms with van der Waals surface area (Å²) in [6.07, 6.45) is 5.41. The van der Waals surface area contributed by atoms with Gasteiger partial charge in [0.15, 0.2) is 0 Å². The molecule has 0 spiro atoms. The Kier molecular flexibility index (Phi) is 3.29. The van der Waals surface area contributed by atoms with Crippen molar-refractivity contribution >= 4 is 28.3 Å². The van der Waals surface area contributed by atoms with Gasteiger partial charge >= 0.3 is 5.97 Å².